The van der Waals surface area contributed by atoms with Crippen LogP contribution >= 0.6 is 0 Å². The number of aryl methyl sites for hydroxylation is 1. The third-order valence-electron chi connectivity index (χ3n) is 2.67. The summed E-state index contributed by atoms with van der Waals surface area (Å²) in [6, 6.07) is 7.81. The lowest BCUT2D eigenvalue weighted by atomic mass is 10.1. The first-order chi connectivity index (χ1) is 8.90. The second-order valence-corrected chi connectivity index (χ2v) is 9.88. The number of aromatic nitrogens is 1. The number of nitriles is 1. The van der Waals surface area contributed by atoms with Crippen molar-refractivity contribution >= 4 is 25.4 Å². The Morgan fingerprint density at radius 1 is 1.37 bits per heavy atom. The van der Waals surface area contributed by atoms with E-state index in [4.69, 9.17) is 9.79 Å². The van der Waals surface area contributed by atoms with Gasteiger partial charge < -0.3 is 9.09 Å². The Balaban J connectivity index is 2.41. The van der Waals surface area contributed by atoms with E-state index in [9.17, 15) is 0 Å². The molecule has 5 heteroatoms. The van der Waals surface area contributed by atoms with Crippen molar-refractivity contribution in [3.8, 4) is 6.07 Å². The molecule has 0 amide bonds. The van der Waals surface area contributed by atoms with Crippen LogP contribution in [0.25, 0.3) is 10.9 Å². The lowest BCUT2D eigenvalue weighted by Crippen LogP contribution is -2.22. The van der Waals surface area contributed by atoms with E-state index in [0.717, 1.165) is 16.5 Å². The molecule has 0 N–H and O–H groups in total. The van der Waals surface area contributed by atoms with Gasteiger partial charge in [-0.1, -0.05) is 0 Å². The molecule has 0 saturated heterocycles. The average molecular weight is 271 g/mol. The molecule has 98 valence electrons. The zero-order valence-corrected chi connectivity index (χ0v) is 12.6. The first-order valence-electron chi connectivity index (χ1n) is 6.11. The van der Waals surface area contributed by atoms with E-state index in [-0.39, 0.29) is 0 Å². The molecule has 0 radical (unpaired) electrons. The van der Waals surface area contributed by atoms with E-state index in [2.05, 4.69) is 30.9 Å². The van der Waals surface area contributed by atoms with Crippen LogP contribution in [0.4, 0.5) is 0 Å². The largest absolute Gasteiger partial charge is 0.456 e. The molecule has 0 aliphatic carbocycles. The summed E-state index contributed by atoms with van der Waals surface area (Å²) >= 11 is 0. The topological polar surface area (TPSA) is 50.3 Å². The van der Waals surface area contributed by atoms with Gasteiger partial charge in [0.05, 0.1) is 17.8 Å². The molecule has 0 aliphatic rings. The number of benzene rings is 1. The van der Waals surface area contributed by atoms with Crippen molar-refractivity contribution in [2.24, 2.45) is 12.2 Å². The van der Waals surface area contributed by atoms with Crippen LogP contribution < -0.4 is 0 Å². The Bertz CT molecular complexity index is 674. The summed E-state index contributed by atoms with van der Waals surface area (Å²) < 4.78 is 7.50. The SMILES string of the molecule is Cn1cc(/C=N/O[Si](C)(C)C)c2cc(C#N)ccc21. The van der Waals surface area contributed by atoms with Gasteiger partial charge in [-0.25, -0.2) is 0 Å². The molecule has 1 aromatic heterocycles. The van der Waals surface area contributed by atoms with Crippen LogP contribution in [0, 0.1) is 11.3 Å². The van der Waals surface area contributed by atoms with Crippen LogP contribution in [-0.4, -0.2) is 19.1 Å². The second-order valence-electron chi connectivity index (χ2n) is 5.48. The molecular weight excluding hydrogens is 254 g/mol. The lowest BCUT2D eigenvalue weighted by molar-refractivity contribution is 0.338. The van der Waals surface area contributed by atoms with Crippen molar-refractivity contribution in [1.82, 2.24) is 4.57 Å². The van der Waals surface area contributed by atoms with Crippen molar-refractivity contribution in [3.05, 3.63) is 35.5 Å². The van der Waals surface area contributed by atoms with E-state index in [1.54, 1.807) is 6.21 Å². The van der Waals surface area contributed by atoms with E-state index < -0.39 is 8.32 Å². The predicted octanol–water partition coefficient (Wildman–Crippen LogP) is 3.24. The van der Waals surface area contributed by atoms with E-state index in [1.165, 1.54) is 0 Å². The molecule has 0 spiro atoms. The maximum absolute atomic E-state index is 8.97. The molecule has 0 aliphatic heterocycles. The molecular formula is C14H17N3OSi. The summed E-state index contributed by atoms with van der Waals surface area (Å²) in [4.78, 5) is 0. The Kier molecular flexibility index (Phi) is 3.45. The van der Waals surface area contributed by atoms with Gasteiger partial charge in [0, 0.05) is 29.7 Å². The third-order valence-corrected chi connectivity index (χ3v) is 3.32. The van der Waals surface area contributed by atoms with Gasteiger partial charge in [0.2, 0.25) is 0 Å². The van der Waals surface area contributed by atoms with Crippen molar-refractivity contribution < 1.29 is 4.53 Å². The smallest absolute Gasteiger partial charge is 0.278 e. The minimum Gasteiger partial charge on any atom is -0.456 e. The zero-order chi connectivity index (χ0) is 14.0. The van der Waals surface area contributed by atoms with Gasteiger partial charge in [-0.3, -0.25) is 0 Å². The Hall–Kier alpha value is -2.06. The fraction of sp³-hybridized carbons (Fsp3) is 0.286. The number of rotatable bonds is 3. The van der Waals surface area contributed by atoms with Gasteiger partial charge in [-0.2, -0.15) is 5.26 Å². The third kappa shape index (κ3) is 3.03. The Morgan fingerprint density at radius 3 is 2.74 bits per heavy atom. The molecule has 1 heterocycles. The molecule has 0 fully saturated rings. The van der Waals surface area contributed by atoms with E-state index >= 15 is 0 Å². The van der Waals surface area contributed by atoms with Crippen molar-refractivity contribution in [2.45, 2.75) is 19.6 Å². The molecule has 0 bridgehead atoms. The van der Waals surface area contributed by atoms with Crippen LogP contribution in [0.15, 0.2) is 29.6 Å². The highest BCUT2D eigenvalue weighted by Gasteiger charge is 2.15. The highest BCUT2D eigenvalue weighted by Crippen LogP contribution is 2.20. The quantitative estimate of drug-likeness (QED) is 0.489. The molecule has 19 heavy (non-hydrogen) atoms. The molecule has 2 aromatic rings. The lowest BCUT2D eigenvalue weighted by Gasteiger charge is -2.11. The maximum atomic E-state index is 8.97. The maximum Gasteiger partial charge on any atom is 0.278 e. The van der Waals surface area contributed by atoms with Crippen LogP contribution in [0.5, 0.6) is 0 Å². The standard InChI is InChI=1S/C14H17N3OSi/c1-17-10-12(9-16-18-19(2,3)4)13-7-11(8-15)5-6-14(13)17/h5-7,9-10H,1-4H3/b16-9+. The first kappa shape index (κ1) is 13.4. The van der Waals surface area contributed by atoms with Gasteiger partial charge in [0.25, 0.3) is 8.32 Å². The fourth-order valence-corrected chi connectivity index (χ4v) is 2.21. The van der Waals surface area contributed by atoms with Crippen molar-refractivity contribution in [2.75, 3.05) is 0 Å². The Morgan fingerprint density at radius 2 is 2.11 bits per heavy atom. The van der Waals surface area contributed by atoms with Crippen molar-refractivity contribution in [3.63, 3.8) is 0 Å². The summed E-state index contributed by atoms with van der Waals surface area (Å²) in [5.74, 6) is 0. The second kappa shape index (κ2) is 4.90. The highest BCUT2D eigenvalue weighted by molar-refractivity contribution is 6.69. The average Bonchev–Trinajstić information content (AvgIpc) is 2.64. The molecule has 0 atom stereocenters. The van der Waals surface area contributed by atoms with Gasteiger partial charge in [-0.05, 0) is 37.8 Å². The summed E-state index contributed by atoms with van der Waals surface area (Å²) in [6.45, 7) is 6.25. The van der Waals surface area contributed by atoms with Crippen molar-refractivity contribution in [1.29, 1.82) is 5.26 Å². The van der Waals surface area contributed by atoms with Gasteiger partial charge in [0.1, 0.15) is 0 Å². The summed E-state index contributed by atoms with van der Waals surface area (Å²) in [5.41, 5.74) is 2.70. The molecule has 0 saturated carbocycles. The van der Waals surface area contributed by atoms with Gasteiger partial charge >= 0.3 is 0 Å². The molecule has 4 nitrogen and oxygen atoms in total. The number of oxime groups is 1. The van der Waals surface area contributed by atoms with Crippen LogP contribution in [0.1, 0.15) is 11.1 Å². The summed E-state index contributed by atoms with van der Waals surface area (Å²) in [7, 11) is 0.331. The van der Waals surface area contributed by atoms with Crippen LogP contribution in [0.3, 0.4) is 0 Å². The number of hydrogen-bond acceptors (Lipinski definition) is 3. The predicted molar refractivity (Wildman–Crippen MR) is 79.7 cm³/mol. The summed E-state index contributed by atoms with van der Waals surface area (Å²) in [6.07, 6.45) is 3.71. The normalized spacial score (nSPS) is 11.9. The zero-order valence-electron chi connectivity index (χ0n) is 11.6. The van der Waals surface area contributed by atoms with Gasteiger partial charge in [0.15, 0.2) is 0 Å². The highest BCUT2D eigenvalue weighted by atomic mass is 28.4. The van der Waals surface area contributed by atoms with E-state index in [1.807, 2.05) is 36.0 Å². The summed E-state index contributed by atoms with van der Waals surface area (Å²) in [5, 5.41) is 14.1. The fourth-order valence-electron chi connectivity index (χ4n) is 1.84. The number of hydrogen-bond donors (Lipinski definition) is 0. The number of nitrogens with zero attached hydrogens (tertiary/aromatic N) is 3. The molecule has 2 rings (SSSR count). The monoisotopic (exact) mass is 271 g/mol. The van der Waals surface area contributed by atoms with Crippen LogP contribution in [0.2, 0.25) is 19.6 Å². The molecule has 1 aromatic carbocycles. The van der Waals surface area contributed by atoms with E-state index in [0.29, 0.717) is 5.56 Å². The van der Waals surface area contributed by atoms with Crippen LogP contribution in [-0.2, 0) is 11.6 Å². The molecule has 0 unspecified atom stereocenters. The minimum atomic E-state index is -1.65. The Labute approximate surface area is 114 Å². The number of fused-ring (bicyclic) bond motifs is 1. The first-order valence-corrected chi connectivity index (χ1v) is 9.52. The minimum absolute atomic E-state index is 0.652. The van der Waals surface area contributed by atoms with Gasteiger partial charge in [-0.15, -0.1) is 5.16 Å².